The first-order valence-electron chi connectivity index (χ1n) is 4.58. The lowest BCUT2D eigenvalue weighted by Gasteiger charge is -1.99. The van der Waals surface area contributed by atoms with Gasteiger partial charge in [0.2, 0.25) is 0 Å². The van der Waals surface area contributed by atoms with Crippen LogP contribution in [0.1, 0.15) is 31.0 Å². The smallest absolute Gasteiger partial charge is 0.170 e. The third-order valence-electron chi connectivity index (χ3n) is 2.74. The predicted molar refractivity (Wildman–Crippen MR) is 55.1 cm³/mol. The molecule has 1 aliphatic rings. The maximum Gasteiger partial charge on any atom is 0.194 e. The van der Waals surface area contributed by atoms with Gasteiger partial charge in [-0.3, -0.25) is 0 Å². The Labute approximate surface area is 79.0 Å². The normalized spacial score (nSPS) is 19.5. The molecule has 2 rings (SSSR count). The zero-order chi connectivity index (χ0) is 9.42. The summed E-state index contributed by atoms with van der Waals surface area (Å²) in [6.45, 7) is 8.17. The summed E-state index contributed by atoms with van der Waals surface area (Å²) in [6, 6.07) is 4.29. The molecule has 0 amide bonds. The van der Waals surface area contributed by atoms with Crippen LogP contribution in [0.2, 0.25) is 0 Å². The lowest BCUT2D eigenvalue weighted by molar-refractivity contribution is -0.573. The number of hydrogen-bond donors (Lipinski definition) is 0. The molecule has 0 radical (unpaired) electrons. The Morgan fingerprint density at radius 1 is 1.46 bits per heavy atom. The van der Waals surface area contributed by atoms with E-state index in [1.807, 2.05) is 6.08 Å². The van der Waals surface area contributed by atoms with E-state index in [4.69, 9.17) is 0 Å². The van der Waals surface area contributed by atoms with Crippen LogP contribution >= 0.6 is 0 Å². The fraction of sp³-hybridized carbons (Fsp3) is 0.250. The summed E-state index contributed by atoms with van der Waals surface area (Å²) in [6.07, 6.45) is 6.18. The average molecular weight is 172 g/mol. The van der Waals surface area contributed by atoms with Crippen LogP contribution < -0.4 is 4.57 Å². The number of fused-ring (bicyclic) bond motifs is 1. The van der Waals surface area contributed by atoms with E-state index >= 15 is 0 Å². The molecule has 0 N–H and O–H groups in total. The third-order valence-corrected chi connectivity index (χ3v) is 2.74. The quantitative estimate of drug-likeness (QED) is 0.573. The van der Waals surface area contributed by atoms with Crippen LogP contribution in [0.5, 0.6) is 0 Å². The highest BCUT2D eigenvalue weighted by molar-refractivity contribution is 5.46. The van der Waals surface area contributed by atoms with E-state index in [0.29, 0.717) is 5.92 Å². The second-order valence-electron chi connectivity index (χ2n) is 3.59. The Hall–Kier alpha value is -1.37. The second-order valence-corrected chi connectivity index (χ2v) is 3.59. The summed E-state index contributed by atoms with van der Waals surface area (Å²) in [5.41, 5.74) is 3.95. The molecule has 13 heavy (non-hydrogen) atoms. The molecule has 0 saturated heterocycles. The molecule has 0 saturated carbocycles. The molecular weight excluding hydrogens is 158 g/mol. The summed E-state index contributed by atoms with van der Waals surface area (Å²) in [7, 11) is 0. The van der Waals surface area contributed by atoms with Crippen molar-refractivity contribution in [1.29, 1.82) is 0 Å². The Bertz CT molecular complexity index is 388. The first-order chi connectivity index (χ1) is 6.22. The number of allylic oxidation sites excluding steroid dienone is 1. The van der Waals surface area contributed by atoms with Crippen molar-refractivity contribution in [3.05, 3.63) is 41.7 Å². The minimum Gasteiger partial charge on any atom is -0.170 e. The number of aromatic nitrogens is 1. The van der Waals surface area contributed by atoms with Gasteiger partial charge in [0.25, 0.3) is 0 Å². The minimum absolute atomic E-state index is 0.555. The molecule has 2 heterocycles. The van der Waals surface area contributed by atoms with Gasteiger partial charge in [-0.1, -0.05) is 12.7 Å². The summed E-state index contributed by atoms with van der Waals surface area (Å²) in [5.74, 6) is 0.555. The van der Waals surface area contributed by atoms with Crippen molar-refractivity contribution in [2.24, 2.45) is 0 Å². The predicted octanol–water partition coefficient (Wildman–Crippen LogP) is 2.60. The second kappa shape index (κ2) is 2.84. The summed E-state index contributed by atoms with van der Waals surface area (Å²) < 4.78 is 2.19. The maximum absolute atomic E-state index is 3.76. The van der Waals surface area contributed by atoms with Gasteiger partial charge in [-0.25, -0.2) is 0 Å². The molecule has 1 heteroatoms. The first-order valence-corrected chi connectivity index (χ1v) is 4.58. The van der Waals surface area contributed by atoms with Gasteiger partial charge in [-0.2, -0.15) is 4.57 Å². The summed E-state index contributed by atoms with van der Waals surface area (Å²) in [5, 5.41) is 0. The van der Waals surface area contributed by atoms with E-state index < -0.39 is 0 Å². The van der Waals surface area contributed by atoms with E-state index in [1.165, 1.54) is 16.8 Å². The zero-order valence-corrected chi connectivity index (χ0v) is 8.12. The number of nitrogens with zero attached hydrogens (tertiary/aromatic N) is 1. The maximum atomic E-state index is 3.76. The molecule has 1 aromatic rings. The van der Waals surface area contributed by atoms with Gasteiger partial charge >= 0.3 is 0 Å². The van der Waals surface area contributed by atoms with Crippen molar-refractivity contribution in [2.45, 2.75) is 19.8 Å². The highest BCUT2D eigenvalue weighted by Gasteiger charge is 2.25. The van der Waals surface area contributed by atoms with Crippen LogP contribution in [0.3, 0.4) is 0 Å². The zero-order valence-electron chi connectivity index (χ0n) is 8.12. The molecule has 66 valence electrons. The molecule has 0 spiro atoms. The SMILES string of the molecule is C=Cc1ccc2[n+](c1)C=C(C)C2C. The third kappa shape index (κ3) is 1.21. The number of hydrogen-bond acceptors (Lipinski definition) is 0. The van der Waals surface area contributed by atoms with E-state index in [-0.39, 0.29) is 0 Å². The van der Waals surface area contributed by atoms with E-state index in [2.05, 4.69) is 49.5 Å². The van der Waals surface area contributed by atoms with Crippen molar-refractivity contribution in [3.8, 4) is 0 Å². The molecular formula is C12H14N+. The van der Waals surface area contributed by atoms with Crippen molar-refractivity contribution in [2.75, 3.05) is 0 Å². The van der Waals surface area contributed by atoms with Gasteiger partial charge < -0.3 is 0 Å². The largest absolute Gasteiger partial charge is 0.194 e. The number of pyridine rings is 1. The lowest BCUT2D eigenvalue weighted by Crippen LogP contribution is -2.28. The summed E-state index contributed by atoms with van der Waals surface area (Å²) in [4.78, 5) is 0. The van der Waals surface area contributed by atoms with Gasteiger partial charge in [-0.15, -0.1) is 0 Å². The van der Waals surface area contributed by atoms with Crippen LogP contribution in [0.25, 0.3) is 12.3 Å². The topological polar surface area (TPSA) is 3.88 Å². The molecule has 1 aliphatic heterocycles. The van der Waals surface area contributed by atoms with E-state index in [9.17, 15) is 0 Å². The van der Waals surface area contributed by atoms with Gasteiger partial charge in [-0.05, 0) is 19.9 Å². The molecule has 1 atom stereocenters. The van der Waals surface area contributed by atoms with Crippen molar-refractivity contribution >= 4 is 12.3 Å². The molecule has 0 bridgehead atoms. The monoisotopic (exact) mass is 172 g/mol. The van der Waals surface area contributed by atoms with Gasteiger partial charge in [0, 0.05) is 17.2 Å². The van der Waals surface area contributed by atoms with Crippen LogP contribution in [0.15, 0.2) is 30.5 Å². The average Bonchev–Trinajstić information content (AvgIpc) is 2.42. The highest BCUT2D eigenvalue weighted by Crippen LogP contribution is 2.25. The lowest BCUT2D eigenvalue weighted by atomic mass is 10.0. The Morgan fingerprint density at radius 3 is 2.92 bits per heavy atom. The van der Waals surface area contributed by atoms with Crippen molar-refractivity contribution in [1.82, 2.24) is 0 Å². The van der Waals surface area contributed by atoms with Crippen LogP contribution in [-0.2, 0) is 0 Å². The summed E-state index contributed by atoms with van der Waals surface area (Å²) >= 11 is 0. The van der Waals surface area contributed by atoms with Gasteiger partial charge in [0.05, 0.1) is 5.92 Å². The molecule has 0 aromatic carbocycles. The molecule has 1 aromatic heterocycles. The van der Waals surface area contributed by atoms with Crippen LogP contribution in [0.4, 0.5) is 0 Å². The van der Waals surface area contributed by atoms with Crippen LogP contribution in [0, 0.1) is 0 Å². The molecule has 1 unspecified atom stereocenters. The molecule has 0 fully saturated rings. The Balaban J connectivity index is 2.55. The van der Waals surface area contributed by atoms with Gasteiger partial charge in [0.15, 0.2) is 18.1 Å². The Kier molecular flexibility index (Phi) is 1.80. The van der Waals surface area contributed by atoms with Crippen molar-refractivity contribution < 1.29 is 4.57 Å². The Morgan fingerprint density at radius 2 is 2.23 bits per heavy atom. The van der Waals surface area contributed by atoms with Gasteiger partial charge in [0.1, 0.15) is 0 Å². The first kappa shape index (κ1) is 8.24. The molecule has 1 nitrogen and oxygen atoms in total. The minimum atomic E-state index is 0.555. The van der Waals surface area contributed by atoms with E-state index in [1.54, 1.807) is 0 Å². The van der Waals surface area contributed by atoms with Crippen molar-refractivity contribution in [3.63, 3.8) is 0 Å². The standard InChI is InChI=1S/C12H14N/c1-4-11-5-6-12-10(3)9(2)7-13(12)8-11/h4-8,10H,1H2,2-3H3/q+1. The highest BCUT2D eigenvalue weighted by atomic mass is 15.0. The fourth-order valence-electron chi connectivity index (χ4n) is 1.71. The van der Waals surface area contributed by atoms with E-state index in [0.717, 1.165) is 0 Å². The number of rotatable bonds is 1. The fourth-order valence-corrected chi connectivity index (χ4v) is 1.71. The van der Waals surface area contributed by atoms with Crippen LogP contribution in [-0.4, -0.2) is 0 Å². The molecule has 0 aliphatic carbocycles.